The van der Waals surface area contributed by atoms with Crippen LogP contribution in [0.1, 0.15) is 47.7 Å². The number of rotatable bonds is 5. The number of hydrogen-bond acceptors (Lipinski definition) is 5. The van der Waals surface area contributed by atoms with Crippen LogP contribution in [0.3, 0.4) is 0 Å². The Labute approximate surface area is 124 Å². The first-order chi connectivity index (χ1) is 9.88. The van der Waals surface area contributed by atoms with Crippen molar-refractivity contribution >= 4 is 5.91 Å². The first-order valence-electron chi connectivity index (χ1n) is 6.97. The van der Waals surface area contributed by atoms with E-state index >= 15 is 0 Å². The minimum Gasteiger partial charge on any atom is -0.361 e. The molecule has 2 aromatic heterocycles. The molecule has 6 heteroatoms. The molecule has 6 nitrogen and oxygen atoms in total. The molecule has 0 fully saturated rings. The van der Waals surface area contributed by atoms with E-state index in [9.17, 15) is 4.79 Å². The number of nitrogens with zero attached hydrogens (tertiary/aromatic N) is 3. The predicted octanol–water partition coefficient (Wildman–Crippen LogP) is 2.74. The fourth-order valence-electron chi connectivity index (χ4n) is 2.54. The first kappa shape index (κ1) is 15.3. The highest BCUT2D eigenvalue weighted by molar-refractivity contribution is 5.76. The molecule has 0 aromatic carbocycles. The summed E-state index contributed by atoms with van der Waals surface area (Å²) in [4.78, 5) is 14.0. The van der Waals surface area contributed by atoms with Crippen LogP contribution in [-0.4, -0.2) is 28.2 Å². The second kappa shape index (κ2) is 6.11. The molecule has 21 heavy (non-hydrogen) atoms. The lowest BCUT2D eigenvalue weighted by Crippen LogP contribution is -2.27. The lowest BCUT2D eigenvalue weighted by atomic mass is 9.95. The summed E-state index contributed by atoms with van der Waals surface area (Å²) in [5.74, 6) is 1.66. The molecule has 114 valence electrons. The summed E-state index contributed by atoms with van der Waals surface area (Å²) in [7, 11) is 1.77. The molecule has 0 spiro atoms. The van der Waals surface area contributed by atoms with E-state index in [0.717, 1.165) is 28.5 Å². The van der Waals surface area contributed by atoms with Gasteiger partial charge in [-0.2, -0.15) is 0 Å². The van der Waals surface area contributed by atoms with Gasteiger partial charge in [-0.05, 0) is 26.7 Å². The molecule has 0 saturated heterocycles. The molecule has 0 aliphatic heterocycles. The normalized spacial score (nSPS) is 12.4. The van der Waals surface area contributed by atoms with Crippen LogP contribution in [0.5, 0.6) is 0 Å². The van der Waals surface area contributed by atoms with Crippen LogP contribution in [0, 0.1) is 20.8 Å². The minimum absolute atomic E-state index is 0.0585. The van der Waals surface area contributed by atoms with Gasteiger partial charge in [-0.1, -0.05) is 17.2 Å². The monoisotopic (exact) mass is 291 g/mol. The average molecular weight is 291 g/mol. The number of hydrogen-bond donors (Lipinski definition) is 0. The van der Waals surface area contributed by atoms with Crippen LogP contribution >= 0.6 is 0 Å². The van der Waals surface area contributed by atoms with Gasteiger partial charge in [-0.3, -0.25) is 4.79 Å². The van der Waals surface area contributed by atoms with Crippen LogP contribution < -0.4 is 0 Å². The standard InChI is InChI=1S/C15H21N3O3/c1-9(15-11(3)16-21-12(15)4)6-14(19)18(5)8-13-7-10(2)20-17-13/h7,9H,6,8H2,1-5H3. The molecule has 2 heterocycles. The Balaban J connectivity index is 1.97. The van der Waals surface area contributed by atoms with Crippen LogP contribution in [0.25, 0.3) is 0 Å². The van der Waals surface area contributed by atoms with Gasteiger partial charge in [0.2, 0.25) is 5.91 Å². The maximum atomic E-state index is 12.3. The molecule has 1 unspecified atom stereocenters. The Hall–Kier alpha value is -2.11. The molecule has 2 aromatic rings. The maximum Gasteiger partial charge on any atom is 0.223 e. The van der Waals surface area contributed by atoms with Gasteiger partial charge in [0.05, 0.1) is 12.2 Å². The third kappa shape index (κ3) is 3.51. The van der Waals surface area contributed by atoms with Crippen molar-refractivity contribution in [2.24, 2.45) is 0 Å². The number of carbonyl (C=O) groups excluding carboxylic acids is 1. The van der Waals surface area contributed by atoms with Gasteiger partial charge < -0.3 is 13.9 Å². The van der Waals surface area contributed by atoms with Gasteiger partial charge in [0.1, 0.15) is 17.2 Å². The van der Waals surface area contributed by atoms with E-state index in [1.54, 1.807) is 11.9 Å². The quantitative estimate of drug-likeness (QED) is 0.847. The molecule has 0 aliphatic rings. The molecule has 0 saturated carbocycles. The number of amides is 1. The largest absolute Gasteiger partial charge is 0.361 e. The third-order valence-corrected chi connectivity index (χ3v) is 3.56. The second-order valence-electron chi connectivity index (χ2n) is 5.52. The lowest BCUT2D eigenvalue weighted by molar-refractivity contribution is -0.130. The van der Waals surface area contributed by atoms with E-state index in [4.69, 9.17) is 9.05 Å². The molecule has 0 radical (unpaired) electrons. The van der Waals surface area contributed by atoms with E-state index < -0.39 is 0 Å². The third-order valence-electron chi connectivity index (χ3n) is 3.56. The summed E-state index contributed by atoms with van der Waals surface area (Å²) in [5, 5.41) is 7.84. The number of aromatic nitrogens is 2. The van der Waals surface area contributed by atoms with Crippen LogP contribution in [0.15, 0.2) is 15.1 Å². The van der Waals surface area contributed by atoms with Gasteiger partial charge >= 0.3 is 0 Å². The van der Waals surface area contributed by atoms with E-state index in [1.165, 1.54) is 0 Å². The Morgan fingerprint density at radius 1 is 1.29 bits per heavy atom. The predicted molar refractivity (Wildman–Crippen MR) is 76.7 cm³/mol. The van der Waals surface area contributed by atoms with Crippen LogP contribution in [0.2, 0.25) is 0 Å². The summed E-state index contributed by atoms with van der Waals surface area (Å²) in [5.41, 5.74) is 2.63. The highest BCUT2D eigenvalue weighted by Crippen LogP contribution is 2.26. The highest BCUT2D eigenvalue weighted by Gasteiger charge is 2.21. The summed E-state index contributed by atoms with van der Waals surface area (Å²) in [6.07, 6.45) is 0.413. The fraction of sp³-hybridized carbons (Fsp3) is 0.533. The molecule has 0 N–H and O–H groups in total. The fourth-order valence-corrected chi connectivity index (χ4v) is 2.54. The highest BCUT2D eigenvalue weighted by atomic mass is 16.5. The molecule has 0 aliphatic carbocycles. The van der Waals surface area contributed by atoms with Gasteiger partial charge in [0.25, 0.3) is 0 Å². The van der Waals surface area contributed by atoms with Crippen molar-refractivity contribution in [3.63, 3.8) is 0 Å². The SMILES string of the molecule is Cc1cc(CN(C)C(=O)CC(C)c2c(C)noc2C)no1. The lowest BCUT2D eigenvalue weighted by Gasteiger charge is -2.18. The molecule has 0 bridgehead atoms. The van der Waals surface area contributed by atoms with E-state index in [0.29, 0.717) is 13.0 Å². The zero-order chi connectivity index (χ0) is 15.6. The Bertz CT molecular complexity index is 610. The topological polar surface area (TPSA) is 72.4 Å². The molecular weight excluding hydrogens is 270 g/mol. The van der Waals surface area contributed by atoms with Gasteiger partial charge in [-0.15, -0.1) is 0 Å². The molecular formula is C15H21N3O3. The van der Waals surface area contributed by atoms with E-state index in [1.807, 2.05) is 33.8 Å². The van der Waals surface area contributed by atoms with E-state index in [2.05, 4.69) is 10.3 Å². The Kier molecular flexibility index (Phi) is 4.45. The van der Waals surface area contributed by atoms with Crippen LogP contribution in [-0.2, 0) is 11.3 Å². The van der Waals surface area contributed by atoms with Gasteiger partial charge in [0, 0.05) is 25.1 Å². The number of carbonyl (C=O) groups is 1. The zero-order valence-electron chi connectivity index (χ0n) is 13.1. The van der Waals surface area contributed by atoms with Crippen LogP contribution in [0.4, 0.5) is 0 Å². The van der Waals surface area contributed by atoms with Crippen molar-refractivity contribution in [1.29, 1.82) is 0 Å². The summed E-state index contributed by atoms with van der Waals surface area (Å²) in [6, 6.07) is 1.83. The molecule has 2 rings (SSSR count). The summed E-state index contributed by atoms with van der Waals surface area (Å²) >= 11 is 0. The van der Waals surface area contributed by atoms with Crippen molar-refractivity contribution in [1.82, 2.24) is 15.2 Å². The summed E-state index contributed by atoms with van der Waals surface area (Å²) in [6.45, 7) is 8.06. The van der Waals surface area contributed by atoms with Crippen molar-refractivity contribution < 1.29 is 13.8 Å². The minimum atomic E-state index is 0.0585. The van der Waals surface area contributed by atoms with Gasteiger partial charge in [-0.25, -0.2) is 0 Å². The average Bonchev–Trinajstić information content (AvgIpc) is 2.95. The Morgan fingerprint density at radius 2 is 2.00 bits per heavy atom. The number of aryl methyl sites for hydroxylation is 3. The molecule has 1 amide bonds. The maximum absolute atomic E-state index is 12.3. The van der Waals surface area contributed by atoms with Crippen molar-refractivity contribution in [3.05, 3.63) is 34.5 Å². The smallest absolute Gasteiger partial charge is 0.223 e. The van der Waals surface area contributed by atoms with Crippen molar-refractivity contribution in [2.45, 2.75) is 46.6 Å². The van der Waals surface area contributed by atoms with Crippen molar-refractivity contribution in [3.8, 4) is 0 Å². The summed E-state index contributed by atoms with van der Waals surface area (Å²) < 4.78 is 10.2. The van der Waals surface area contributed by atoms with E-state index in [-0.39, 0.29) is 11.8 Å². The van der Waals surface area contributed by atoms with Crippen molar-refractivity contribution in [2.75, 3.05) is 7.05 Å². The Morgan fingerprint density at radius 3 is 2.52 bits per heavy atom. The van der Waals surface area contributed by atoms with Gasteiger partial charge in [0.15, 0.2) is 0 Å². The first-order valence-corrected chi connectivity index (χ1v) is 6.97. The molecule has 1 atom stereocenters. The zero-order valence-corrected chi connectivity index (χ0v) is 13.1. The second-order valence-corrected chi connectivity index (χ2v) is 5.52.